The van der Waals surface area contributed by atoms with Crippen LogP contribution in [-0.2, 0) is 0 Å². The highest BCUT2D eigenvalue weighted by atomic mass is 16.2. The van der Waals surface area contributed by atoms with E-state index in [9.17, 15) is 0 Å². The number of aliphatic hydroxyl groups is 1. The van der Waals surface area contributed by atoms with Crippen LogP contribution in [0, 0.1) is 5.92 Å². The Balaban J connectivity index is 3.08. The Hall–Kier alpha value is -0.0400. The summed E-state index contributed by atoms with van der Waals surface area (Å²) in [6.45, 7) is 5.02. The van der Waals surface area contributed by atoms with Gasteiger partial charge in [0.2, 0.25) is 0 Å². The lowest BCUT2D eigenvalue weighted by atomic mass is 9.96. The minimum atomic E-state index is 0.367. The summed E-state index contributed by atoms with van der Waals surface area (Å²) >= 11 is 0. The van der Waals surface area contributed by atoms with Gasteiger partial charge in [-0.1, -0.05) is 78.1 Å². The van der Waals surface area contributed by atoms with Crippen LogP contribution in [0.3, 0.4) is 0 Å². The van der Waals surface area contributed by atoms with Gasteiger partial charge in [-0.2, -0.15) is 0 Å². The largest absolute Gasteiger partial charge is 0.396 e. The number of unbranched alkanes of at least 4 members (excludes halogenated alkanes) is 7. The van der Waals surface area contributed by atoms with E-state index >= 15 is 0 Å². The molecule has 98 valence electrons. The predicted octanol–water partition coefficient (Wildman–Crippen LogP) is 4.93. The van der Waals surface area contributed by atoms with E-state index in [1.165, 1.54) is 64.2 Å². The first kappa shape index (κ1) is 16.0. The van der Waals surface area contributed by atoms with Gasteiger partial charge in [0, 0.05) is 6.61 Å². The highest BCUT2D eigenvalue weighted by Gasteiger charge is 2.01. The van der Waals surface area contributed by atoms with E-state index in [1.54, 1.807) is 0 Å². The van der Waals surface area contributed by atoms with Gasteiger partial charge in [0.25, 0.3) is 0 Å². The van der Waals surface area contributed by atoms with Crippen LogP contribution in [0.15, 0.2) is 0 Å². The van der Waals surface area contributed by atoms with E-state index in [-0.39, 0.29) is 0 Å². The summed E-state index contributed by atoms with van der Waals surface area (Å²) in [5.74, 6) is 0.893. The summed E-state index contributed by atoms with van der Waals surface area (Å²) in [6, 6.07) is 0. The third kappa shape index (κ3) is 12.0. The molecule has 0 amide bonds. The topological polar surface area (TPSA) is 20.2 Å². The molecule has 1 N–H and O–H groups in total. The van der Waals surface area contributed by atoms with E-state index in [4.69, 9.17) is 5.11 Å². The van der Waals surface area contributed by atoms with E-state index in [1.807, 2.05) is 0 Å². The van der Waals surface area contributed by atoms with E-state index < -0.39 is 0 Å². The molecule has 0 saturated carbocycles. The van der Waals surface area contributed by atoms with Gasteiger partial charge in [0.15, 0.2) is 0 Å². The van der Waals surface area contributed by atoms with Crippen molar-refractivity contribution in [1.29, 1.82) is 0 Å². The van der Waals surface area contributed by atoms with Crippen molar-refractivity contribution in [2.45, 2.75) is 84.5 Å². The first-order valence-corrected chi connectivity index (χ1v) is 7.42. The molecule has 0 aromatic carbocycles. The number of aliphatic hydroxyl groups excluding tert-OH is 1. The number of hydrogen-bond donors (Lipinski definition) is 1. The Bertz CT molecular complexity index is 123. The smallest absolute Gasteiger partial charge is 0.0431 e. The minimum Gasteiger partial charge on any atom is -0.396 e. The Morgan fingerprint density at radius 3 is 1.81 bits per heavy atom. The first-order chi connectivity index (χ1) is 7.81. The molecule has 0 saturated heterocycles. The van der Waals surface area contributed by atoms with Gasteiger partial charge in [-0.05, 0) is 12.3 Å². The highest BCUT2D eigenvalue weighted by Crippen LogP contribution is 2.17. The third-order valence-electron chi connectivity index (χ3n) is 3.41. The van der Waals surface area contributed by atoms with Crippen molar-refractivity contribution in [2.24, 2.45) is 5.92 Å². The average molecular weight is 228 g/mol. The molecule has 0 aliphatic carbocycles. The molecule has 0 unspecified atom stereocenters. The van der Waals surface area contributed by atoms with E-state index in [2.05, 4.69) is 13.8 Å². The van der Waals surface area contributed by atoms with Crippen molar-refractivity contribution in [3.63, 3.8) is 0 Å². The summed E-state index contributed by atoms with van der Waals surface area (Å²) in [7, 11) is 0. The Labute approximate surface area is 103 Å². The average Bonchev–Trinajstić information content (AvgIpc) is 2.29. The molecule has 0 heterocycles. The zero-order chi connectivity index (χ0) is 12.1. The van der Waals surface area contributed by atoms with E-state index in [0.29, 0.717) is 6.61 Å². The molecule has 0 rings (SSSR count). The third-order valence-corrected chi connectivity index (χ3v) is 3.41. The first-order valence-electron chi connectivity index (χ1n) is 7.42. The maximum atomic E-state index is 8.68. The Morgan fingerprint density at radius 2 is 1.25 bits per heavy atom. The maximum Gasteiger partial charge on any atom is 0.0431 e. The molecule has 0 aromatic rings. The van der Waals surface area contributed by atoms with Crippen molar-refractivity contribution < 1.29 is 5.11 Å². The van der Waals surface area contributed by atoms with Crippen LogP contribution >= 0.6 is 0 Å². The molecule has 1 nitrogen and oxygen atoms in total. The normalized spacial score (nSPS) is 12.9. The number of hydrogen-bond acceptors (Lipinski definition) is 1. The molecule has 0 aromatic heterocycles. The molecule has 1 atom stereocenters. The van der Waals surface area contributed by atoms with Crippen LogP contribution in [0.5, 0.6) is 0 Å². The van der Waals surface area contributed by atoms with Gasteiger partial charge >= 0.3 is 0 Å². The van der Waals surface area contributed by atoms with Crippen LogP contribution in [0.4, 0.5) is 0 Å². The molecular formula is C15H32O. The lowest BCUT2D eigenvalue weighted by molar-refractivity contribution is 0.280. The van der Waals surface area contributed by atoms with Crippen molar-refractivity contribution in [3.05, 3.63) is 0 Å². The van der Waals surface area contributed by atoms with Crippen molar-refractivity contribution in [2.75, 3.05) is 6.61 Å². The summed E-state index contributed by atoms with van der Waals surface area (Å²) in [4.78, 5) is 0. The molecule has 1 heteroatoms. The zero-order valence-electron chi connectivity index (χ0n) is 11.5. The monoisotopic (exact) mass is 228 g/mol. The Morgan fingerprint density at radius 1 is 0.750 bits per heavy atom. The molecule has 0 radical (unpaired) electrons. The van der Waals surface area contributed by atoms with Crippen LogP contribution in [0.25, 0.3) is 0 Å². The lowest BCUT2D eigenvalue weighted by Crippen LogP contribution is -1.95. The molecule has 0 fully saturated rings. The zero-order valence-corrected chi connectivity index (χ0v) is 11.5. The predicted molar refractivity (Wildman–Crippen MR) is 72.7 cm³/mol. The van der Waals surface area contributed by atoms with Crippen LogP contribution < -0.4 is 0 Å². The molecule has 16 heavy (non-hydrogen) atoms. The Kier molecular flexibility index (Phi) is 13.0. The second-order valence-corrected chi connectivity index (χ2v) is 5.23. The van der Waals surface area contributed by atoms with Crippen LogP contribution in [0.2, 0.25) is 0 Å². The standard InChI is InChI=1S/C15H32O/c1-3-4-5-6-7-9-12-15(2)13-10-8-11-14-16/h15-16H,3-14H2,1-2H3/t15-/m1/s1. The maximum absolute atomic E-state index is 8.68. The summed E-state index contributed by atoms with van der Waals surface area (Å²) in [5.41, 5.74) is 0. The second-order valence-electron chi connectivity index (χ2n) is 5.23. The SMILES string of the molecule is CCCCCCCC[C@@H](C)CCCCCO. The minimum absolute atomic E-state index is 0.367. The van der Waals surface area contributed by atoms with Crippen molar-refractivity contribution >= 4 is 0 Å². The van der Waals surface area contributed by atoms with Gasteiger partial charge in [-0.15, -0.1) is 0 Å². The fourth-order valence-corrected chi connectivity index (χ4v) is 2.20. The fourth-order valence-electron chi connectivity index (χ4n) is 2.20. The van der Waals surface area contributed by atoms with Crippen molar-refractivity contribution in [1.82, 2.24) is 0 Å². The van der Waals surface area contributed by atoms with Gasteiger partial charge in [0.1, 0.15) is 0 Å². The van der Waals surface area contributed by atoms with Crippen LogP contribution in [-0.4, -0.2) is 11.7 Å². The van der Waals surface area contributed by atoms with Gasteiger partial charge < -0.3 is 5.11 Å². The van der Waals surface area contributed by atoms with Crippen molar-refractivity contribution in [3.8, 4) is 0 Å². The van der Waals surface area contributed by atoms with Gasteiger partial charge in [-0.3, -0.25) is 0 Å². The summed E-state index contributed by atoms with van der Waals surface area (Å²) < 4.78 is 0. The molecule has 0 spiro atoms. The molecule has 0 aliphatic rings. The molecule has 0 bridgehead atoms. The fraction of sp³-hybridized carbons (Fsp3) is 1.00. The van der Waals surface area contributed by atoms with Gasteiger partial charge in [-0.25, -0.2) is 0 Å². The number of rotatable bonds is 12. The second kappa shape index (κ2) is 13.0. The quantitative estimate of drug-likeness (QED) is 0.470. The van der Waals surface area contributed by atoms with E-state index in [0.717, 1.165) is 12.3 Å². The lowest BCUT2D eigenvalue weighted by Gasteiger charge is -2.10. The molecular weight excluding hydrogens is 196 g/mol. The summed E-state index contributed by atoms with van der Waals surface area (Å²) in [5, 5.41) is 8.68. The summed E-state index contributed by atoms with van der Waals surface area (Å²) in [6.07, 6.45) is 14.7. The van der Waals surface area contributed by atoms with Crippen LogP contribution in [0.1, 0.15) is 84.5 Å². The molecule has 0 aliphatic heterocycles. The highest BCUT2D eigenvalue weighted by molar-refractivity contribution is 4.55. The van der Waals surface area contributed by atoms with Gasteiger partial charge in [0.05, 0.1) is 0 Å².